The molecule has 5 rings (SSSR count). The van der Waals surface area contributed by atoms with Gasteiger partial charge in [-0.2, -0.15) is 0 Å². The number of nitrogens with two attached hydrogens (primary N) is 3. The molecule has 0 heterocycles. The summed E-state index contributed by atoms with van der Waals surface area (Å²) in [5, 5.41) is 6.88. The zero-order valence-electron chi connectivity index (χ0n) is 14.3. The van der Waals surface area contributed by atoms with Crippen LogP contribution in [0.25, 0.3) is 43.4 Å². The van der Waals surface area contributed by atoms with Gasteiger partial charge in [0.25, 0.3) is 0 Å². The largest absolute Gasteiger partial charge is 0.398 e. The number of anilines is 2. The van der Waals surface area contributed by atoms with Gasteiger partial charge in [0, 0.05) is 34.3 Å². The van der Waals surface area contributed by atoms with Crippen LogP contribution in [0.1, 0.15) is 5.56 Å². The highest BCUT2D eigenvalue weighted by Crippen LogP contribution is 2.42. The molecule has 0 aliphatic rings. The van der Waals surface area contributed by atoms with Crippen LogP contribution in [0.3, 0.4) is 0 Å². The molecule has 126 valence electrons. The Labute approximate surface area is 151 Å². The minimum atomic E-state index is 0.515. The minimum absolute atomic E-state index is 0.515. The highest BCUT2D eigenvalue weighted by molar-refractivity contribution is 6.28. The molecule has 0 aliphatic heterocycles. The van der Waals surface area contributed by atoms with Gasteiger partial charge in [0.2, 0.25) is 0 Å². The quantitative estimate of drug-likeness (QED) is 0.317. The SMILES string of the molecule is NCc1cccc(-c2cc3ccc4c(N)ccc5ccc(c2N)c3c54)c1. The predicted molar refractivity (Wildman–Crippen MR) is 112 cm³/mol. The van der Waals surface area contributed by atoms with Crippen LogP contribution >= 0.6 is 0 Å². The molecule has 0 atom stereocenters. The zero-order chi connectivity index (χ0) is 17.8. The Morgan fingerprint density at radius 1 is 0.692 bits per heavy atom. The van der Waals surface area contributed by atoms with E-state index in [2.05, 4.69) is 48.5 Å². The summed E-state index contributed by atoms with van der Waals surface area (Å²) in [7, 11) is 0. The Hall–Kier alpha value is -3.30. The average molecular weight is 337 g/mol. The minimum Gasteiger partial charge on any atom is -0.398 e. The summed E-state index contributed by atoms with van der Waals surface area (Å²) in [5.41, 5.74) is 23.5. The van der Waals surface area contributed by atoms with Crippen molar-refractivity contribution in [3.63, 3.8) is 0 Å². The van der Waals surface area contributed by atoms with Crippen LogP contribution in [0, 0.1) is 0 Å². The lowest BCUT2D eigenvalue weighted by Crippen LogP contribution is -1.98. The topological polar surface area (TPSA) is 78.1 Å². The third-order valence-electron chi connectivity index (χ3n) is 5.33. The Balaban J connectivity index is 1.92. The molecule has 0 unspecified atom stereocenters. The summed E-state index contributed by atoms with van der Waals surface area (Å²) < 4.78 is 0. The van der Waals surface area contributed by atoms with Gasteiger partial charge in [0.15, 0.2) is 0 Å². The van der Waals surface area contributed by atoms with Crippen LogP contribution in [-0.4, -0.2) is 0 Å². The molecule has 0 saturated heterocycles. The first-order valence-electron chi connectivity index (χ1n) is 8.72. The van der Waals surface area contributed by atoms with Gasteiger partial charge in [-0.3, -0.25) is 0 Å². The normalized spacial score (nSPS) is 11.7. The summed E-state index contributed by atoms with van der Waals surface area (Å²) in [6.07, 6.45) is 0. The molecule has 0 amide bonds. The standard InChI is InChI=1S/C23H19N3/c24-12-13-2-1-3-15(10-13)19-11-16-5-7-17-20(25)9-6-14-4-8-18(23(19)26)22(16)21(14)17/h1-11H,12,24-26H2. The van der Waals surface area contributed by atoms with E-state index in [1.54, 1.807) is 0 Å². The first-order chi connectivity index (χ1) is 12.7. The van der Waals surface area contributed by atoms with Gasteiger partial charge < -0.3 is 17.2 Å². The molecule has 6 N–H and O–H groups in total. The second kappa shape index (κ2) is 5.35. The number of nitrogen functional groups attached to an aromatic ring is 2. The summed E-state index contributed by atoms with van der Waals surface area (Å²) in [4.78, 5) is 0. The monoisotopic (exact) mass is 337 g/mol. The van der Waals surface area contributed by atoms with E-state index in [0.717, 1.165) is 38.8 Å². The number of hydrogen-bond donors (Lipinski definition) is 3. The summed E-state index contributed by atoms with van der Waals surface area (Å²) in [5.74, 6) is 0. The van der Waals surface area contributed by atoms with Gasteiger partial charge in [-0.1, -0.05) is 48.5 Å². The highest BCUT2D eigenvalue weighted by Gasteiger charge is 2.15. The first kappa shape index (κ1) is 15.0. The fourth-order valence-electron chi connectivity index (χ4n) is 4.03. The van der Waals surface area contributed by atoms with Gasteiger partial charge in [-0.15, -0.1) is 0 Å². The van der Waals surface area contributed by atoms with E-state index in [0.29, 0.717) is 6.54 Å². The molecule has 0 saturated carbocycles. The summed E-state index contributed by atoms with van der Waals surface area (Å²) in [6.45, 7) is 0.515. The summed E-state index contributed by atoms with van der Waals surface area (Å²) >= 11 is 0. The maximum atomic E-state index is 6.63. The molecular formula is C23H19N3. The number of rotatable bonds is 2. The fourth-order valence-corrected chi connectivity index (χ4v) is 4.03. The van der Waals surface area contributed by atoms with Crippen LogP contribution in [0.5, 0.6) is 0 Å². The number of benzene rings is 5. The second-order valence-electron chi connectivity index (χ2n) is 6.82. The molecule has 3 heteroatoms. The molecule has 0 aliphatic carbocycles. The van der Waals surface area contributed by atoms with E-state index in [9.17, 15) is 0 Å². The third-order valence-corrected chi connectivity index (χ3v) is 5.33. The fraction of sp³-hybridized carbons (Fsp3) is 0.0435. The highest BCUT2D eigenvalue weighted by atomic mass is 14.6. The molecule has 0 radical (unpaired) electrons. The Kier molecular flexibility index (Phi) is 3.08. The number of hydrogen-bond acceptors (Lipinski definition) is 3. The molecule has 5 aromatic carbocycles. The van der Waals surface area contributed by atoms with Crippen LogP contribution in [-0.2, 0) is 6.54 Å². The molecule has 0 bridgehead atoms. The molecule has 3 nitrogen and oxygen atoms in total. The second-order valence-corrected chi connectivity index (χ2v) is 6.82. The van der Waals surface area contributed by atoms with Crippen molar-refractivity contribution in [1.82, 2.24) is 0 Å². The van der Waals surface area contributed by atoms with Crippen LogP contribution < -0.4 is 17.2 Å². The molecule has 0 spiro atoms. The van der Waals surface area contributed by atoms with Crippen molar-refractivity contribution >= 4 is 43.7 Å². The van der Waals surface area contributed by atoms with Crippen molar-refractivity contribution in [2.24, 2.45) is 5.73 Å². The molecule has 26 heavy (non-hydrogen) atoms. The predicted octanol–water partition coefficient (Wildman–Crippen LogP) is 4.87. The zero-order valence-corrected chi connectivity index (χ0v) is 14.3. The van der Waals surface area contributed by atoms with E-state index in [-0.39, 0.29) is 0 Å². The average Bonchev–Trinajstić information content (AvgIpc) is 2.68. The lowest BCUT2D eigenvalue weighted by molar-refractivity contribution is 1.07. The lowest BCUT2D eigenvalue weighted by Gasteiger charge is -2.17. The van der Waals surface area contributed by atoms with Gasteiger partial charge in [0.05, 0.1) is 0 Å². The molecule has 0 fully saturated rings. The first-order valence-corrected chi connectivity index (χ1v) is 8.72. The van der Waals surface area contributed by atoms with Crippen molar-refractivity contribution in [2.45, 2.75) is 6.54 Å². The summed E-state index contributed by atoms with van der Waals surface area (Å²) in [6, 6.07) is 23.0. The third kappa shape index (κ3) is 1.98. The van der Waals surface area contributed by atoms with Crippen LogP contribution in [0.2, 0.25) is 0 Å². The van der Waals surface area contributed by atoms with E-state index in [1.165, 1.54) is 21.5 Å². The Bertz CT molecular complexity index is 1290. The van der Waals surface area contributed by atoms with Crippen molar-refractivity contribution in [2.75, 3.05) is 11.5 Å². The van der Waals surface area contributed by atoms with Gasteiger partial charge in [-0.05, 0) is 50.9 Å². The van der Waals surface area contributed by atoms with Crippen molar-refractivity contribution in [1.29, 1.82) is 0 Å². The molecule has 0 aromatic heterocycles. The van der Waals surface area contributed by atoms with Crippen molar-refractivity contribution < 1.29 is 0 Å². The lowest BCUT2D eigenvalue weighted by atomic mass is 9.89. The van der Waals surface area contributed by atoms with Crippen molar-refractivity contribution in [3.8, 4) is 11.1 Å². The maximum Gasteiger partial charge on any atom is 0.0474 e. The maximum absolute atomic E-state index is 6.63. The van der Waals surface area contributed by atoms with E-state index in [4.69, 9.17) is 17.2 Å². The molecule has 5 aromatic rings. The van der Waals surface area contributed by atoms with Crippen LogP contribution in [0.15, 0.2) is 66.7 Å². The van der Waals surface area contributed by atoms with Crippen LogP contribution in [0.4, 0.5) is 11.4 Å². The Morgan fingerprint density at radius 3 is 2.27 bits per heavy atom. The van der Waals surface area contributed by atoms with Gasteiger partial charge in [0.1, 0.15) is 0 Å². The van der Waals surface area contributed by atoms with E-state index in [1.807, 2.05) is 18.2 Å². The Morgan fingerprint density at radius 2 is 1.42 bits per heavy atom. The smallest absolute Gasteiger partial charge is 0.0474 e. The van der Waals surface area contributed by atoms with Gasteiger partial charge >= 0.3 is 0 Å². The molecular weight excluding hydrogens is 318 g/mol. The van der Waals surface area contributed by atoms with Gasteiger partial charge in [-0.25, -0.2) is 0 Å². The van der Waals surface area contributed by atoms with E-state index < -0.39 is 0 Å². The van der Waals surface area contributed by atoms with Crippen molar-refractivity contribution in [3.05, 3.63) is 72.3 Å². The van der Waals surface area contributed by atoms with E-state index >= 15 is 0 Å².